The summed E-state index contributed by atoms with van der Waals surface area (Å²) in [5.41, 5.74) is 0.947. The van der Waals surface area contributed by atoms with E-state index in [0.29, 0.717) is 18.3 Å². The molecule has 1 aromatic carbocycles. The van der Waals surface area contributed by atoms with Crippen LogP contribution in [0.5, 0.6) is 0 Å². The van der Waals surface area contributed by atoms with Crippen molar-refractivity contribution in [2.75, 3.05) is 20.6 Å². The maximum atomic E-state index is 12.5. The number of carbonyl (C=O) groups excluding carboxylic acids is 1. The highest BCUT2D eigenvalue weighted by atomic mass is 16.5. The van der Waals surface area contributed by atoms with E-state index in [1.165, 1.54) is 0 Å². The van der Waals surface area contributed by atoms with Gasteiger partial charge in [-0.2, -0.15) is 4.98 Å². The van der Waals surface area contributed by atoms with Crippen LogP contribution in [0.2, 0.25) is 0 Å². The quantitative estimate of drug-likeness (QED) is 0.863. The number of rotatable bonds is 6. The van der Waals surface area contributed by atoms with Crippen molar-refractivity contribution in [3.63, 3.8) is 0 Å². The van der Waals surface area contributed by atoms with Gasteiger partial charge in [-0.25, -0.2) is 0 Å². The van der Waals surface area contributed by atoms with E-state index < -0.39 is 0 Å². The van der Waals surface area contributed by atoms with Crippen LogP contribution in [0.25, 0.3) is 0 Å². The first-order valence-corrected chi connectivity index (χ1v) is 8.49. The topological polar surface area (TPSA) is 80.5 Å². The van der Waals surface area contributed by atoms with Crippen LogP contribution in [-0.2, 0) is 9.53 Å². The maximum Gasteiger partial charge on any atom is 0.255 e. The molecule has 1 aliphatic rings. The molecule has 0 saturated carbocycles. The first-order chi connectivity index (χ1) is 12.0. The highest BCUT2D eigenvalue weighted by molar-refractivity contribution is 5.82. The molecule has 1 saturated heterocycles. The molecular weight excluding hydrogens is 320 g/mol. The fraction of sp³-hybridized carbons (Fsp3) is 0.500. The zero-order chi connectivity index (χ0) is 17.8. The van der Waals surface area contributed by atoms with Gasteiger partial charge in [-0.15, -0.1) is 0 Å². The molecule has 3 rings (SSSR count). The predicted molar refractivity (Wildman–Crippen MR) is 91.8 cm³/mol. The number of hydrogen-bond donors (Lipinski definition) is 1. The van der Waals surface area contributed by atoms with Crippen molar-refractivity contribution in [3.8, 4) is 0 Å². The standard InChI is InChI=1S/C18H24N4O3/c1-12-20-17(25-21-12)15-10-9-14(24-15)11-19-16(18(23)22(2)3)13-7-5-4-6-8-13/h4-8,14-16,19H,9-11H2,1-3H3/t14-,15+,16-/m1/s1. The van der Waals surface area contributed by atoms with Crippen molar-refractivity contribution >= 4 is 5.91 Å². The minimum atomic E-state index is -0.385. The lowest BCUT2D eigenvalue weighted by atomic mass is 10.1. The lowest BCUT2D eigenvalue weighted by Gasteiger charge is -2.23. The van der Waals surface area contributed by atoms with E-state index in [1.54, 1.807) is 25.9 Å². The molecule has 0 unspecified atom stereocenters. The Morgan fingerprint density at radius 2 is 2.08 bits per heavy atom. The number of nitrogens with one attached hydrogen (secondary N) is 1. The Hall–Kier alpha value is -2.25. The molecule has 0 spiro atoms. The number of amides is 1. The van der Waals surface area contributed by atoms with Crippen LogP contribution >= 0.6 is 0 Å². The van der Waals surface area contributed by atoms with Gasteiger partial charge in [0.25, 0.3) is 5.89 Å². The van der Waals surface area contributed by atoms with Gasteiger partial charge in [0.15, 0.2) is 5.82 Å². The number of hydrogen-bond acceptors (Lipinski definition) is 6. The number of aryl methyl sites for hydroxylation is 1. The van der Waals surface area contributed by atoms with Crippen molar-refractivity contribution in [1.29, 1.82) is 0 Å². The van der Waals surface area contributed by atoms with E-state index in [9.17, 15) is 4.79 Å². The van der Waals surface area contributed by atoms with Crippen molar-refractivity contribution in [3.05, 3.63) is 47.6 Å². The third-order valence-electron chi connectivity index (χ3n) is 4.30. The van der Waals surface area contributed by atoms with Gasteiger partial charge in [-0.3, -0.25) is 10.1 Å². The fourth-order valence-electron chi connectivity index (χ4n) is 2.98. The second kappa shape index (κ2) is 7.76. The van der Waals surface area contributed by atoms with E-state index >= 15 is 0 Å². The molecule has 1 aliphatic heterocycles. The number of ether oxygens (including phenoxy) is 1. The molecule has 0 aliphatic carbocycles. The second-order valence-electron chi connectivity index (χ2n) is 6.49. The van der Waals surface area contributed by atoms with E-state index in [2.05, 4.69) is 15.5 Å². The minimum absolute atomic E-state index is 0.0124. The van der Waals surface area contributed by atoms with Crippen LogP contribution in [-0.4, -0.2) is 47.7 Å². The second-order valence-corrected chi connectivity index (χ2v) is 6.49. The summed E-state index contributed by atoms with van der Waals surface area (Å²) in [4.78, 5) is 18.4. The Balaban J connectivity index is 1.61. The molecule has 25 heavy (non-hydrogen) atoms. The number of carbonyl (C=O) groups is 1. The Bertz CT molecular complexity index is 701. The van der Waals surface area contributed by atoms with Crippen LogP contribution in [0.1, 0.15) is 42.3 Å². The molecule has 7 heteroatoms. The Kier molecular flexibility index (Phi) is 5.45. The summed E-state index contributed by atoms with van der Waals surface area (Å²) in [6, 6.07) is 9.35. The highest BCUT2D eigenvalue weighted by Gasteiger charge is 2.31. The van der Waals surface area contributed by atoms with E-state index in [-0.39, 0.29) is 24.2 Å². The highest BCUT2D eigenvalue weighted by Crippen LogP contribution is 2.31. The molecule has 7 nitrogen and oxygen atoms in total. The lowest BCUT2D eigenvalue weighted by Crippen LogP contribution is -2.40. The first kappa shape index (κ1) is 17.6. The molecule has 1 aromatic heterocycles. The molecule has 1 N–H and O–H groups in total. The summed E-state index contributed by atoms with van der Waals surface area (Å²) in [6.45, 7) is 2.38. The lowest BCUT2D eigenvalue weighted by molar-refractivity contribution is -0.131. The fourth-order valence-corrected chi connectivity index (χ4v) is 2.98. The summed E-state index contributed by atoms with van der Waals surface area (Å²) in [5, 5.41) is 7.16. The summed E-state index contributed by atoms with van der Waals surface area (Å²) >= 11 is 0. The SMILES string of the molecule is Cc1noc([C@@H]2CC[C@H](CN[C@@H](C(=O)N(C)C)c3ccccc3)O2)n1. The van der Waals surface area contributed by atoms with Crippen LogP contribution in [0.4, 0.5) is 0 Å². The van der Waals surface area contributed by atoms with Crippen molar-refractivity contribution in [2.45, 2.75) is 38.0 Å². The minimum Gasteiger partial charge on any atom is -0.364 e. The normalized spacial score (nSPS) is 21.2. The molecule has 2 heterocycles. The van der Waals surface area contributed by atoms with Gasteiger partial charge in [0, 0.05) is 20.6 Å². The van der Waals surface area contributed by atoms with Gasteiger partial charge >= 0.3 is 0 Å². The van der Waals surface area contributed by atoms with Gasteiger partial charge in [0.1, 0.15) is 12.1 Å². The van der Waals surface area contributed by atoms with Gasteiger partial charge in [-0.05, 0) is 25.3 Å². The molecule has 1 amide bonds. The summed E-state index contributed by atoms with van der Waals surface area (Å²) < 4.78 is 11.2. The maximum absolute atomic E-state index is 12.5. The van der Waals surface area contributed by atoms with Crippen molar-refractivity contribution in [2.24, 2.45) is 0 Å². The summed E-state index contributed by atoms with van der Waals surface area (Å²) in [7, 11) is 3.53. The average molecular weight is 344 g/mol. The van der Waals surface area contributed by atoms with Crippen LogP contribution in [0.15, 0.2) is 34.9 Å². The molecule has 0 bridgehead atoms. The smallest absolute Gasteiger partial charge is 0.255 e. The number of aromatic nitrogens is 2. The van der Waals surface area contributed by atoms with Gasteiger partial charge in [0.05, 0.1) is 6.10 Å². The average Bonchev–Trinajstić information content (AvgIpc) is 3.24. The third-order valence-corrected chi connectivity index (χ3v) is 4.30. The van der Waals surface area contributed by atoms with Crippen LogP contribution < -0.4 is 5.32 Å². The number of nitrogens with zero attached hydrogens (tertiary/aromatic N) is 3. The Morgan fingerprint density at radius 1 is 1.32 bits per heavy atom. The van der Waals surface area contributed by atoms with Crippen molar-refractivity contribution in [1.82, 2.24) is 20.4 Å². The Morgan fingerprint density at radius 3 is 2.72 bits per heavy atom. The zero-order valence-corrected chi connectivity index (χ0v) is 14.8. The molecule has 134 valence electrons. The summed E-state index contributed by atoms with van der Waals surface area (Å²) in [6.07, 6.45) is 1.58. The molecule has 2 aromatic rings. The monoisotopic (exact) mass is 344 g/mol. The van der Waals surface area contributed by atoms with Crippen LogP contribution in [0.3, 0.4) is 0 Å². The number of benzene rings is 1. The first-order valence-electron chi connectivity index (χ1n) is 8.49. The largest absolute Gasteiger partial charge is 0.364 e. The third kappa shape index (κ3) is 4.24. The van der Waals surface area contributed by atoms with Gasteiger partial charge in [-0.1, -0.05) is 35.5 Å². The van der Waals surface area contributed by atoms with E-state index in [0.717, 1.165) is 18.4 Å². The molecule has 1 fully saturated rings. The van der Waals surface area contributed by atoms with Crippen molar-refractivity contribution < 1.29 is 14.1 Å². The van der Waals surface area contributed by atoms with E-state index in [4.69, 9.17) is 9.26 Å². The Labute approximate surface area is 147 Å². The molecular formula is C18H24N4O3. The summed E-state index contributed by atoms with van der Waals surface area (Å²) in [5.74, 6) is 1.16. The number of likely N-dealkylation sites (N-methyl/N-ethyl adjacent to an activating group) is 1. The van der Waals surface area contributed by atoms with Gasteiger partial charge in [0.2, 0.25) is 5.91 Å². The predicted octanol–water partition coefficient (Wildman–Crippen LogP) is 2.02. The zero-order valence-electron chi connectivity index (χ0n) is 14.8. The van der Waals surface area contributed by atoms with E-state index in [1.807, 2.05) is 30.3 Å². The van der Waals surface area contributed by atoms with Crippen LogP contribution in [0, 0.1) is 6.92 Å². The molecule has 3 atom stereocenters. The molecule has 0 radical (unpaired) electrons. The van der Waals surface area contributed by atoms with Gasteiger partial charge < -0.3 is 14.2 Å².